The average molecular weight is 182 g/mol. The first kappa shape index (κ1) is 9.14. The summed E-state index contributed by atoms with van der Waals surface area (Å²) < 4.78 is 0. The molecular formula is C10H12ClN. The molecule has 0 amide bonds. The maximum atomic E-state index is 5.73. The SMILES string of the molecule is C=CCCNc1ccc(Cl)cc1. The second kappa shape index (κ2) is 4.83. The Bertz CT molecular complexity index is 241. The van der Waals surface area contributed by atoms with Gasteiger partial charge in [0, 0.05) is 17.3 Å². The summed E-state index contributed by atoms with van der Waals surface area (Å²) in [5.41, 5.74) is 1.10. The fraction of sp³-hybridized carbons (Fsp3) is 0.200. The zero-order valence-electron chi connectivity index (χ0n) is 6.89. The Morgan fingerprint density at radius 2 is 2.00 bits per heavy atom. The molecule has 0 heterocycles. The quantitative estimate of drug-likeness (QED) is 0.555. The highest BCUT2D eigenvalue weighted by molar-refractivity contribution is 6.30. The fourth-order valence-electron chi connectivity index (χ4n) is 0.886. The lowest BCUT2D eigenvalue weighted by molar-refractivity contribution is 1.07. The number of benzene rings is 1. The Morgan fingerprint density at radius 3 is 2.58 bits per heavy atom. The van der Waals surface area contributed by atoms with Gasteiger partial charge in [-0.15, -0.1) is 6.58 Å². The molecule has 1 aromatic rings. The predicted octanol–water partition coefficient (Wildman–Crippen LogP) is 3.33. The fourth-order valence-corrected chi connectivity index (χ4v) is 1.01. The number of hydrogen-bond acceptors (Lipinski definition) is 1. The van der Waals surface area contributed by atoms with E-state index in [1.54, 1.807) is 0 Å². The minimum absolute atomic E-state index is 0.768. The topological polar surface area (TPSA) is 12.0 Å². The third-order valence-electron chi connectivity index (χ3n) is 1.52. The van der Waals surface area contributed by atoms with Gasteiger partial charge in [0.1, 0.15) is 0 Å². The van der Waals surface area contributed by atoms with Crippen LogP contribution in [-0.4, -0.2) is 6.54 Å². The van der Waals surface area contributed by atoms with Gasteiger partial charge < -0.3 is 5.32 Å². The van der Waals surface area contributed by atoms with E-state index in [2.05, 4.69) is 11.9 Å². The van der Waals surface area contributed by atoms with Crippen molar-refractivity contribution in [3.05, 3.63) is 41.9 Å². The lowest BCUT2D eigenvalue weighted by Crippen LogP contribution is -1.99. The van der Waals surface area contributed by atoms with Crippen molar-refractivity contribution in [2.24, 2.45) is 0 Å². The van der Waals surface area contributed by atoms with Crippen LogP contribution in [0.1, 0.15) is 6.42 Å². The highest BCUT2D eigenvalue weighted by Gasteiger charge is 1.89. The molecule has 0 aliphatic rings. The molecule has 2 heteroatoms. The molecule has 0 bridgehead atoms. The summed E-state index contributed by atoms with van der Waals surface area (Å²) in [6.45, 7) is 4.57. The van der Waals surface area contributed by atoms with Gasteiger partial charge in [0.2, 0.25) is 0 Å². The van der Waals surface area contributed by atoms with Crippen molar-refractivity contribution in [1.82, 2.24) is 0 Å². The summed E-state index contributed by atoms with van der Waals surface area (Å²) in [5, 5.41) is 4.01. The normalized spacial score (nSPS) is 9.42. The molecule has 64 valence electrons. The zero-order valence-corrected chi connectivity index (χ0v) is 7.64. The van der Waals surface area contributed by atoms with Gasteiger partial charge in [-0.25, -0.2) is 0 Å². The van der Waals surface area contributed by atoms with Gasteiger partial charge in [-0.3, -0.25) is 0 Å². The summed E-state index contributed by atoms with van der Waals surface area (Å²) in [4.78, 5) is 0. The van der Waals surface area contributed by atoms with E-state index in [9.17, 15) is 0 Å². The maximum Gasteiger partial charge on any atom is 0.0407 e. The zero-order chi connectivity index (χ0) is 8.81. The van der Waals surface area contributed by atoms with Crippen LogP contribution >= 0.6 is 11.6 Å². The van der Waals surface area contributed by atoms with Gasteiger partial charge in [-0.05, 0) is 30.7 Å². The van der Waals surface area contributed by atoms with Gasteiger partial charge in [0.25, 0.3) is 0 Å². The van der Waals surface area contributed by atoms with Gasteiger partial charge in [0.15, 0.2) is 0 Å². The van der Waals surface area contributed by atoms with Crippen molar-refractivity contribution in [2.75, 3.05) is 11.9 Å². The highest BCUT2D eigenvalue weighted by Crippen LogP contribution is 2.12. The number of rotatable bonds is 4. The first-order valence-corrected chi connectivity index (χ1v) is 4.31. The van der Waals surface area contributed by atoms with Crippen LogP contribution in [0.15, 0.2) is 36.9 Å². The molecule has 0 aliphatic heterocycles. The van der Waals surface area contributed by atoms with Crippen LogP contribution in [0.25, 0.3) is 0 Å². The Balaban J connectivity index is 2.42. The number of hydrogen-bond donors (Lipinski definition) is 1. The Kier molecular flexibility index (Phi) is 3.68. The van der Waals surface area contributed by atoms with E-state index in [-0.39, 0.29) is 0 Å². The van der Waals surface area contributed by atoms with Crippen molar-refractivity contribution >= 4 is 17.3 Å². The number of nitrogens with one attached hydrogen (secondary N) is 1. The van der Waals surface area contributed by atoms with E-state index in [4.69, 9.17) is 11.6 Å². The average Bonchev–Trinajstić information content (AvgIpc) is 2.09. The second-order valence-corrected chi connectivity index (χ2v) is 2.95. The molecule has 0 radical (unpaired) electrons. The van der Waals surface area contributed by atoms with Gasteiger partial charge in [0.05, 0.1) is 0 Å². The number of anilines is 1. The molecule has 1 nitrogen and oxygen atoms in total. The monoisotopic (exact) mass is 181 g/mol. The lowest BCUT2D eigenvalue weighted by atomic mass is 10.3. The molecule has 0 atom stereocenters. The third-order valence-corrected chi connectivity index (χ3v) is 1.77. The van der Waals surface area contributed by atoms with Crippen molar-refractivity contribution in [2.45, 2.75) is 6.42 Å². The van der Waals surface area contributed by atoms with E-state index in [0.717, 1.165) is 23.7 Å². The first-order chi connectivity index (χ1) is 5.83. The molecule has 0 unspecified atom stereocenters. The molecule has 0 aromatic heterocycles. The summed E-state index contributed by atoms with van der Waals surface area (Å²) in [6.07, 6.45) is 2.87. The maximum absolute atomic E-state index is 5.73. The largest absolute Gasteiger partial charge is 0.385 e. The molecule has 0 aliphatic carbocycles. The van der Waals surface area contributed by atoms with Crippen molar-refractivity contribution in [3.63, 3.8) is 0 Å². The molecular weight excluding hydrogens is 170 g/mol. The Hall–Kier alpha value is -0.950. The summed E-state index contributed by atoms with van der Waals surface area (Å²) in [5.74, 6) is 0. The molecule has 1 aromatic carbocycles. The summed E-state index contributed by atoms with van der Waals surface area (Å²) >= 11 is 5.73. The van der Waals surface area contributed by atoms with E-state index in [1.807, 2.05) is 30.3 Å². The van der Waals surface area contributed by atoms with E-state index >= 15 is 0 Å². The van der Waals surface area contributed by atoms with Crippen LogP contribution in [0.5, 0.6) is 0 Å². The molecule has 0 fully saturated rings. The van der Waals surface area contributed by atoms with Gasteiger partial charge in [-0.1, -0.05) is 17.7 Å². The minimum Gasteiger partial charge on any atom is -0.385 e. The van der Waals surface area contributed by atoms with Crippen molar-refractivity contribution < 1.29 is 0 Å². The highest BCUT2D eigenvalue weighted by atomic mass is 35.5. The van der Waals surface area contributed by atoms with Crippen LogP contribution in [0.2, 0.25) is 5.02 Å². The second-order valence-electron chi connectivity index (χ2n) is 2.51. The van der Waals surface area contributed by atoms with Crippen LogP contribution in [0.4, 0.5) is 5.69 Å². The first-order valence-electron chi connectivity index (χ1n) is 3.93. The van der Waals surface area contributed by atoms with Crippen LogP contribution in [0.3, 0.4) is 0 Å². The van der Waals surface area contributed by atoms with Crippen LogP contribution in [-0.2, 0) is 0 Å². The number of halogens is 1. The molecule has 0 spiro atoms. The van der Waals surface area contributed by atoms with E-state index < -0.39 is 0 Å². The van der Waals surface area contributed by atoms with E-state index in [0.29, 0.717) is 0 Å². The van der Waals surface area contributed by atoms with Gasteiger partial charge in [-0.2, -0.15) is 0 Å². The Morgan fingerprint density at radius 1 is 1.33 bits per heavy atom. The molecule has 0 saturated carbocycles. The smallest absolute Gasteiger partial charge is 0.0407 e. The summed E-state index contributed by atoms with van der Waals surface area (Å²) in [6, 6.07) is 7.67. The standard InChI is InChI=1S/C10H12ClN/c1-2-3-8-12-10-6-4-9(11)5-7-10/h2,4-7,12H,1,3,8H2. The van der Waals surface area contributed by atoms with Crippen molar-refractivity contribution in [1.29, 1.82) is 0 Å². The molecule has 0 saturated heterocycles. The Labute approximate surface area is 78.1 Å². The van der Waals surface area contributed by atoms with Gasteiger partial charge >= 0.3 is 0 Å². The third kappa shape index (κ3) is 2.97. The molecule has 1 rings (SSSR count). The molecule has 12 heavy (non-hydrogen) atoms. The minimum atomic E-state index is 0.768. The van der Waals surface area contributed by atoms with Crippen LogP contribution in [0, 0.1) is 0 Å². The molecule has 1 N–H and O–H groups in total. The summed E-state index contributed by atoms with van der Waals surface area (Å²) in [7, 11) is 0. The van der Waals surface area contributed by atoms with Crippen molar-refractivity contribution in [3.8, 4) is 0 Å². The van der Waals surface area contributed by atoms with Crippen LogP contribution < -0.4 is 5.32 Å². The lowest BCUT2D eigenvalue weighted by Gasteiger charge is -2.03. The van der Waals surface area contributed by atoms with E-state index in [1.165, 1.54) is 0 Å². The predicted molar refractivity (Wildman–Crippen MR) is 54.8 cm³/mol.